The molecule has 0 spiro atoms. The van der Waals surface area contributed by atoms with Gasteiger partial charge in [-0.2, -0.15) is 0 Å². The van der Waals surface area contributed by atoms with Gasteiger partial charge in [-0.05, 0) is 24.3 Å². The summed E-state index contributed by atoms with van der Waals surface area (Å²) in [5.41, 5.74) is 0.288. The molecule has 0 saturated heterocycles. The van der Waals surface area contributed by atoms with Gasteiger partial charge in [-0.15, -0.1) is 0 Å². The van der Waals surface area contributed by atoms with Crippen molar-refractivity contribution in [1.29, 1.82) is 0 Å². The lowest BCUT2D eigenvalue weighted by Crippen LogP contribution is -2.04. The first kappa shape index (κ1) is 19.3. The summed E-state index contributed by atoms with van der Waals surface area (Å²) >= 11 is 0. The van der Waals surface area contributed by atoms with Gasteiger partial charge in [0.05, 0.1) is 43.1 Å². The maximum absolute atomic E-state index is 12.9. The van der Waals surface area contributed by atoms with Crippen molar-refractivity contribution in [3.05, 3.63) is 58.5 Å². The number of nitrogens with zero attached hydrogens (tertiary/aromatic N) is 1. The summed E-state index contributed by atoms with van der Waals surface area (Å²) in [4.78, 5) is 28.2. The molecule has 4 rings (SSSR count). The second-order valence-corrected chi connectivity index (χ2v) is 6.42. The Morgan fingerprint density at radius 3 is 2.23 bits per heavy atom. The molecule has 0 aliphatic rings. The molecule has 2 heterocycles. The fraction of sp³-hybridized carbons (Fsp3) is 0.136. The molecular weight excluding hydrogens is 390 g/mol. The molecule has 8 nitrogen and oxygen atoms in total. The first-order valence-electron chi connectivity index (χ1n) is 8.86. The Morgan fingerprint density at radius 2 is 1.60 bits per heavy atom. The molecule has 0 atom stereocenters. The number of aromatic nitrogens is 1. The van der Waals surface area contributed by atoms with Gasteiger partial charge in [-0.3, -0.25) is 9.78 Å². The Labute approximate surface area is 170 Å². The minimum absolute atomic E-state index is 0.0194. The molecule has 0 amide bonds. The number of fused-ring (bicyclic) bond motifs is 3. The summed E-state index contributed by atoms with van der Waals surface area (Å²) in [5, 5.41) is 10.6. The summed E-state index contributed by atoms with van der Waals surface area (Å²) in [6.45, 7) is 0. The van der Waals surface area contributed by atoms with Crippen LogP contribution in [0.15, 0.2) is 51.9 Å². The van der Waals surface area contributed by atoms with Crippen molar-refractivity contribution in [3.63, 3.8) is 0 Å². The van der Waals surface area contributed by atoms with Crippen LogP contribution in [0.5, 0.6) is 17.2 Å². The molecule has 0 radical (unpaired) electrons. The van der Waals surface area contributed by atoms with Crippen LogP contribution in [-0.4, -0.2) is 37.4 Å². The predicted octanol–water partition coefficient (Wildman–Crippen LogP) is 3.73. The quantitative estimate of drug-likeness (QED) is 0.499. The molecule has 0 saturated carbocycles. The summed E-state index contributed by atoms with van der Waals surface area (Å²) in [6.07, 6.45) is 2.65. The van der Waals surface area contributed by atoms with Crippen molar-refractivity contribution in [2.24, 2.45) is 0 Å². The van der Waals surface area contributed by atoms with Gasteiger partial charge in [0.15, 0.2) is 11.0 Å². The fourth-order valence-electron chi connectivity index (χ4n) is 3.40. The Morgan fingerprint density at radius 1 is 0.933 bits per heavy atom. The summed E-state index contributed by atoms with van der Waals surface area (Å²) in [5.74, 6) is 0.468. The average Bonchev–Trinajstić information content (AvgIpc) is 2.77. The maximum Gasteiger partial charge on any atom is 0.337 e. The number of rotatable bonds is 5. The second-order valence-electron chi connectivity index (χ2n) is 6.42. The highest BCUT2D eigenvalue weighted by Crippen LogP contribution is 2.43. The highest BCUT2D eigenvalue weighted by molar-refractivity contribution is 6.13. The zero-order chi connectivity index (χ0) is 21.4. The van der Waals surface area contributed by atoms with Crippen molar-refractivity contribution in [3.8, 4) is 28.6 Å². The number of carboxylic acid groups (broad SMARTS) is 1. The smallest absolute Gasteiger partial charge is 0.337 e. The van der Waals surface area contributed by atoms with Gasteiger partial charge in [0.25, 0.3) is 0 Å². The van der Waals surface area contributed by atoms with Crippen molar-refractivity contribution < 1.29 is 28.5 Å². The zero-order valence-corrected chi connectivity index (χ0v) is 16.4. The van der Waals surface area contributed by atoms with E-state index in [0.29, 0.717) is 33.6 Å². The third-order valence-electron chi connectivity index (χ3n) is 4.79. The van der Waals surface area contributed by atoms with Crippen LogP contribution in [-0.2, 0) is 0 Å². The van der Waals surface area contributed by atoms with Crippen molar-refractivity contribution >= 4 is 27.7 Å². The van der Waals surface area contributed by atoms with Gasteiger partial charge in [0.2, 0.25) is 0 Å². The Balaban J connectivity index is 2.14. The highest BCUT2D eigenvalue weighted by atomic mass is 16.5. The molecule has 30 heavy (non-hydrogen) atoms. The van der Waals surface area contributed by atoms with Crippen molar-refractivity contribution in [2.75, 3.05) is 21.3 Å². The van der Waals surface area contributed by atoms with Gasteiger partial charge in [0, 0.05) is 24.0 Å². The van der Waals surface area contributed by atoms with E-state index >= 15 is 0 Å². The Bertz CT molecular complexity index is 1360. The fourth-order valence-corrected chi connectivity index (χ4v) is 3.40. The van der Waals surface area contributed by atoms with Crippen LogP contribution in [0.1, 0.15) is 10.4 Å². The van der Waals surface area contributed by atoms with E-state index in [4.69, 9.17) is 18.6 Å². The number of aromatic carboxylic acids is 1. The van der Waals surface area contributed by atoms with Crippen LogP contribution in [0.2, 0.25) is 0 Å². The number of carbonyl (C=O) groups is 1. The van der Waals surface area contributed by atoms with Gasteiger partial charge in [0.1, 0.15) is 23.0 Å². The first-order valence-corrected chi connectivity index (χ1v) is 8.86. The SMILES string of the molecule is COc1ccc(OC)c2c1c(OC)cc1c(=O)cc(-c3cncc(C(=O)O)c3)oc12. The molecule has 0 bridgehead atoms. The van der Waals surface area contributed by atoms with E-state index in [1.165, 1.54) is 45.9 Å². The predicted molar refractivity (Wildman–Crippen MR) is 110 cm³/mol. The van der Waals surface area contributed by atoms with Crippen LogP contribution < -0.4 is 19.6 Å². The topological polar surface area (TPSA) is 108 Å². The number of benzene rings is 2. The molecule has 0 unspecified atom stereocenters. The van der Waals surface area contributed by atoms with Gasteiger partial charge in [-0.25, -0.2) is 4.79 Å². The van der Waals surface area contributed by atoms with E-state index in [0.717, 1.165) is 0 Å². The second kappa shape index (κ2) is 7.40. The minimum Gasteiger partial charge on any atom is -0.496 e. The highest BCUT2D eigenvalue weighted by Gasteiger charge is 2.20. The first-order chi connectivity index (χ1) is 14.5. The van der Waals surface area contributed by atoms with Crippen LogP contribution in [0.3, 0.4) is 0 Å². The molecule has 2 aromatic heterocycles. The number of carboxylic acids is 1. The third-order valence-corrected chi connectivity index (χ3v) is 4.79. The average molecular weight is 407 g/mol. The Hall–Kier alpha value is -4.07. The minimum atomic E-state index is -1.13. The van der Waals surface area contributed by atoms with E-state index in [1.54, 1.807) is 18.2 Å². The van der Waals surface area contributed by atoms with E-state index in [1.807, 2.05) is 0 Å². The third kappa shape index (κ3) is 2.98. The number of hydrogen-bond donors (Lipinski definition) is 1. The number of methoxy groups -OCH3 is 3. The van der Waals surface area contributed by atoms with Crippen molar-refractivity contribution in [1.82, 2.24) is 4.98 Å². The van der Waals surface area contributed by atoms with Crippen LogP contribution >= 0.6 is 0 Å². The molecule has 152 valence electrons. The standard InChI is InChI=1S/C22H17NO7/c1-27-15-4-5-16(28-2)20-19(15)18(29-3)7-13-14(24)8-17(30-21(13)20)11-6-12(22(25)26)10-23-9-11/h4-10H,1-3H3,(H,25,26). The molecule has 2 aromatic carbocycles. The van der Waals surface area contributed by atoms with E-state index in [2.05, 4.69) is 4.98 Å². The lowest BCUT2D eigenvalue weighted by Gasteiger charge is -2.15. The number of pyridine rings is 1. The molecule has 4 aromatic rings. The Kier molecular flexibility index (Phi) is 4.75. The molecular formula is C22H17NO7. The monoisotopic (exact) mass is 407 g/mol. The maximum atomic E-state index is 12.9. The van der Waals surface area contributed by atoms with Gasteiger partial charge < -0.3 is 23.7 Å². The van der Waals surface area contributed by atoms with E-state index in [-0.39, 0.29) is 27.7 Å². The molecule has 0 fully saturated rings. The molecule has 0 aliphatic carbocycles. The largest absolute Gasteiger partial charge is 0.496 e. The zero-order valence-electron chi connectivity index (χ0n) is 16.4. The van der Waals surface area contributed by atoms with Crippen LogP contribution in [0.4, 0.5) is 0 Å². The van der Waals surface area contributed by atoms with Crippen LogP contribution in [0, 0.1) is 0 Å². The van der Waals surface area contributed by atoms with Gasteiger partial charge >= 0.3 is 5.97 Å². The lowest BCUT2D eigenvalue weighted by molar-refractivity contribution is 0.0696. The number of hydrogen-bond acceptors (Lipinski definition) is 7. The van der Waals surface area contributed by atoms with E-state index in [9.17, 15) is 14.7 Å². The summed E-state index contributed by atoms with van der Waals surface area (Å²) in [7, 11) is 4.54. The number of ether oxygens (including phenoxy) is 3. The van der Waals surface area contributed by atoms with Gasteiger partial charge in [-0.1, -0.05) is 0 Å². The van der Waals surface area contributed by atoms with E-state index < -0.39 is 5.97 Å². The summed E-state index contributed by atoms with van der Waals surface area (Å²) in [6, 6.07) is 7.71. The summed E-state index contributed by atoms with van der Waals surface area (Å²) < 4.78 is 22.6. The molecule has 1 N–H and O–H groups in total. The van der Waals surface area contributed by atoms with Crippen LogP contribution in [0.25, 0.3) is 33.1 Å². The normalized spacial score (nSPS) is 10.9. The molecule has 8 heteroatoms. The molecule has 0 aliphatic heterocycles. The van der Waals surface area contributed by atoms with Crippen molar-refractivity contribution in [2.45, 2.75) is 0 Å². The lowest BCUT2D eigenvalue weighted by atomic mass is 10.0.